The van der Waals surface area contributed by atoms with Crippen LogP contribution in [0, 0.1) is 0 Å². The Hall–Kier alpha value is -2.79. The van der Waals surface area contributed by atoms with Gasteiger partial charge in [0, 0.05) is 74.6 Å². The summed E-state index contributed by atoms with van der Waals surface area (Å²) >= 11 is 6.29. The van der Waals surface area contributed by atoms with Crippen molar-refractivity contribution < 1.29 is 9.59 Å². The Morgan fingerprint density at radius 1 is 1.00 bits per heavy atom. The lowest BCUT2D eigenvalue weighted by molar-refractivity contribution is -0.138. The first-order chi connectivity index (χ1) is 14.4. The van der Waals surface area contributed by atoms with E-state index >= 15 is 0 Å². The minimum absolute atomic E-state index is 0.0645. The molecular weight excluding hydrogens is 398 g/mol. The molecule has 2 amide bonds. The van der Waals surface area contributed by atoms with Crippen LogP contribution in [0.15, 0.2) is 54.7 Å². The Morgan fingerprint density at radius 2 is 1.70 bits per heavy atom. The van der Waals surface area contributed by atoms with Gasteiger partial charge in [0.15, 0.2) is 0 Å². The average molecular weight is 424 g/mol. The van der Waals surface area contributed by atoms with E-state index in [2.05, 4.69) is 22.9 Å². The molecule has 2 heterocycles. The van der Waals surface area contributed by atoms with Crippen molar-refractivity contribution in [1.82, 2.24) is 14.4 Å². The third-order valence-corrected chi connectivity index (χ3v) is 6.25. The summed E-state index contributed by atoms with van der Waals surface area (Å²) in [6.07, 6.45) is 2.49. The summed E-state index contributed by atoms with van der Waals surface area (Å²) in [6, 6.07) is 16.0. The Labute approximate surface area is 181 Å². The highest BCUT2D eigenvalue weighted by molar-refractivity contribution is 6.30. The number of piperazine rings is 1. The van der Waals surface area contributed by atoms with E-state index in [0.29, 0.717) is 37.6 Å². The summed E-state index contributed by atoms with van der Waals surface area (Å²) in [7, 11) is 2.03. The topological polar surface area (TPSA) is 45.6 Å². The maximum Gasteiger partial charge on any atom is 0.223 e. The number of rotatable bonds is 4. The molecule has 1 fully saturated rings. The van der Waals surface area contributed by atoms with Crippen LogP contribution in [0.5, 0.6) is 0 Å². The number of fused-ring (bicyclic) bond motifs is 1. The lowest BCUT2D eigenvalue weighted by atomic mass is 9.87. The van der Waals surface area contributed by atoms with E-state index in [9.17, 15) is 9.59 Å². The Balaban J connectivity index is 1.65. The summed E-state index contributed by atoms with van der Waals surface area (Å²) in [6.45, 7) is 3.92. The number of carbonyl (C=O) groups excluding carboxylic acids is 2. The van der Waals surface area contributed by atoms with Crippen LogP contribution < -0.4 is 0 Å². The fourth-order valence-electron chi connectivity index (χ4n) is 4.36. The van der Waals surface area contributed by atoms with Gasteiger partial charge >= 0.3 is 0 Å². The standard InChI is InChI=1S/C24H26ClN3O2/c1-17(29)27-10-12-28(13-11-27)24(30)15-21(18-6-5-7-19(25)14-18)22-16-26(2)23-9-4-3-8-20(22)23/h3-9,14,16,21H,10-13,15H2,1-2H3. The minimum Gasteiger partial charge on any atom is -0.350 e. The van der Waals surface area contributed by atoms with E-state index in [4.69, 9.17) is 11.6 Å². The molecule has 1 unspecified atom stereocenters. The molecule has 2 aromatic carbocycles. The van der Waals surface area contributed by atoms with Crippen molar-refractivity contribution >= 4 is 34.3 Å². The minimum atomic E-state index is -0.0897. The maximum atomic E-state index is 13.2. The highest BCUT2D eigenvalue weighted by Gasteiger charge is 2.27. The second-order valence-electron chi connectivity index (χ2n) is 7.91. The van der Waals surface area contributed by atoms with Gasteiger partial charge in [-0.05, 0) is 29.3 Å². The number of aromatic nitrogens is 1. The molecule has 0 radical (unpaired) electrons. The van der Waals surface area contributed by atoms with Crippen molar-refractivity contribution in [1.29, 1.82) is 0 Å². The molecule has 6 heteroatoms. The molecule has 1 aliphatic rings. The summed E-state index contributed by atoms with van der Waals surface area (Å²) in [5.74, 6) is 0.0823. The van der Waals surface area contributed by atoms with E-state index in [1.807, 2.05) is 48.3 Å². The van der Waals surface area contributed by atoms with E-state index in [1.165, 1.54) is 0 Å². The summed E-state index contributed by atoms with van der Waals surface area (Å²) in [5, 5.41) is 1.82. The molecule has 0 N–H and O–H groups in total. The average Bonchev–Trinajstić information content (AvgIpc) is 3.08. The number of para-hydroxylation sites is 1. The van der Waals surface area contributed by atoms with Crippen molar-refractivity contribution in [2.75, 3.05) is 26.2 Å². The molecule has 1 aliphatic heterocycles. The van der Waals surface area contributed by atoms with Gasteiger partial charge in [0.25, 0.3) is 0 Å². The Kier molecular flexibility index (Phi) is 5.82. The van der Waals surface area contributed by atoms with Crippen LogP contribution in [-0.4, -0.2) is 52.4 Å². The van der Waals surface area contributed by atoms with Gasteiger partial charge in [-0.25, -0.2) is 0 Å². The molecular formula is C24H26ClN3O2. The predicted octanol–water partition coefficient (Wildman–Crippen LogP) is 4.04. The number of carbonyl (C=O) groups is 2. The van der Waals surface area contributed by atoms with Crippen molar-refractivity contribution in [2.24, 2.45) is 7.05 Å². The van der Waals surface area contributed by atoms with E-state index < -0.39 is 0 Å². The number of aryl methyl sites for hydroxylation is 1. The SMILES string of the molecule is CC(=O)N1CCN(C(=O)CC(c2cccc(Cl)c2)c2cn(C)c3ccccc23)CC1. The number of amides is 2. The van der Waals surface area contributed by atoms with Crippen LogP contribution in [-0.2, 0) is 16.6 Å². The zero-order valence-electron chi connectivity index (χ0n) is 17.3. The number of benzene rings is 2. The van der Waals surface area contributed by atoms with Gasteiger partial charge in [0.1, 0.15) is 0 Å². The molecule has 0 bridgehead atoms. The van der Waals surface area contributed by atoms with Crippen molar-refractivity contribution in [3.8, 4) is 0 Å². The first-order valence-electron chi connectivity index (χ1n) is 10.3. The van der Waals surface area contributed by atoms with Crippen LogP contribution >= 0.6 is 11.6 Å². The first-order valence-corrected chi connectivity index (χ1v) is 10.6. The normalized spacial score (nSPS) is 15.4. The number of halogens is 1. The quantitative estimate of drug-likeness (QED) is 0.635. The van der Waals surface area contributed by atoms with Crippen molar-refractivity contribution in [3.63, 3.8) is 0 Å². The molecule has 0 aliphatic carbocycles. The molecule has 0 spiro atoms. The van der Waals surface area contributed by atoms with Crippen LogP contribution in [0.1, 0.15) is 30.4 Å². The van der Waals surface area contributed by atoms with Gasteiger partial charge in [-0.1, -0.05) is 41.9 Å². The highest BCUT2D eigenvalue weighted by Crippen LogP contribution is 2.35. The zero-order chi connectivity index (χ0) is 21.3. The fourth-order valence-corrected chi connectivity index (χ4v) is 4.55. The van der Waals surface area contributed by atoms with Gasteiger partial charge < -0.3 is 14.4 Å². The van der Waals surface area contributed by atoms with Gasteiger partial charge in [-0.15, -0.1) is 0 Å². The van der Waals surface area contributed by atoms with Crippen LogP contribution in [0.2, 0.25) is 5.02 Å². The number of hydrogen-bond donors (Lipinski definition) is 0. The number of hydrogen-bond acceptors (Lipinski definition) is 2. The van der Waals surface area contributed by atoms with Crippen molar-refractivity contribution in [2.45, 2.75) is 19.3 Å². The third kappa shape index (κ3) is 4.08. The van der Waals surface area contributed by atoms with Crippen molar-refractivity contribution in [3.05, 3.63) is 70.9 Å². The molecule has 1 aromatic heterocycles. The lowest BCUT2D eigenvalue weighted by Crippen LogP contribution is -2.50. The molecule has 156 valence electrons. The van der Waals surface area contributed by atoms with Gasteiger partial charge in [0.2, 0.25) is 11.8 Å². The molecule has 5 nitrogen and oxygen atoms in total. The molecule has 3 aromatic rings. The first kappa shape index (κ1) is 20.5. The molecule has 30 heavy (non-hydrogen) atoms. The molecule has 0 saturated carbocycles. The highest BCUT2D eigenvalue weighted by atomic mass is 35.5. The van der Waals surface area contributed by atoms with Crippen LogP contribution in [0.4, 0.5) is 0 Å². The van der Waals surface area contributed by atoms with E-state index in [-0.39, 0.29) is 17.7 Å². The smallest absolute Gasteiger partial charge is 0.223 e. The second-order valence-corrected chi connectivity index (χ2v) is 8.35. The van der Waals surface area contributed by atoms with Gasteiger partial charge in [-0.3, -0.25) is 9.59 Å². The monoisotopic (exact) mass is 423 g/mol. The Morgan fingerprint density at radius 3 is 2.40 bits per heavy atom. The van der Waals surface area contributed by atoms with E-state index in [0.717, 1.165) is 22.0 Å². The van der Waals surface area contributed by atoms with Crippen LogP contribution in [0.3, 0.4) is 0 Å². The van der Waals surface area contributed by atoms with Gasteiger partial charge in [0.05, 0.1) is 0 Å². The fraction of sp³-hybridized carbons (Fsp3) is 0.333. The third-order valence-electron chi connectivity index (χ3n) is 6.01. The number of nitrogens with zero attached hydrogens (tertiary/aromatic N) is 3. The van der Waals surface area contributed by atoms with Crippen LogP contribution in [0.25, 0.3) is 10.9 Å². The second kappa shape index (κ2) is 8.52. The predicted molar refractivity (Wildman–Crippen MR) is 120 cm³/mol. The molecule has 1 saturated heterocycles. The summed E-state index contributed by atoms with van der Waals surface area (Å²) in [4.78, 5) is 28.5. The zero-order valence-corrected chi connectivity index (χ0v) is 18.1. The maximum absolute atomic E-state index is 13.2. The molecule has 1 atom stereocenters. The molecule has 4 rings (SSSR count). The largest absolute Gasteiger partial charge is 0.350 e. The Bertz CT molecular complexity index is 1080. The van der Waals surface area contributed by atoms with Gasteiger partial charge in [-0.2, -0.15) is 0 Å². The lowest BCUT2D eigenvalue weighted by Gasteiger charge is -2.35. The van der Waals surface area contributed by atoms with E-state index in [1.54, 1.807) is 11.8 Å². The summed E-state index contributed by atoms with van der Waals surface area (Å²) in [5.41, 5.74) is 3.31. The summed E-state index contributed by atoms with van der Waals surface area (Å²) < 4.78 is 2.11.